The number of fused-ring (bicyclic) bond motifs is 1. The van der Waals surface area contributed by atoms with Gasteiger partial charge in [-0.1, -0.05) is 44.2 Å². The average Bonchev–Trinajstić information content (AvgIpc) is 2.88. The zero-order valence-electron chi connectivity index (χ0n) is 13.0. The van der Waals surface area contributed by atoms with E-state index in [2.05, 4.69) is 46.4 Å². The summed E-state index contributed by atoms with van der Waals surface area (Å²) in [5.41, 5.74) is 7.93. The van der Waals surface area contributed by atoms with E-state index in [-0.39, 0.29) is 5.41 Å². The summed E-state index contributed by atoms with van der Waals surface area (Å²) < 4.78 is 1.70. The van der Waals surface area contributed by atoms with Gasteiger partial charge in [0.15, 0.2) is 5.65 Å². The molecule has 0 radical (unpaired) electrons. The molecule has 0 spiro atoms. The quantitative estimate of drug-likeness (QED) is 0.772. The van der Waals surface area contributed by atoms with Gasteiger partial charge in [-0.3, -0.25) is 4.68 Å². The van der Waals surface area contributed by atoms with Gasteiger partial charge in [0, 0.05) is 19.0 Å². The molecule has 0 aliphatic carbocycles. The maximum absolute atomic E-state index is 5.98. The summed E-state index contributed by atoms with van der Waals surface area (Å²) in [5.74, 6) is 0.968. The van der Waals surface area contributed by atoms with Crippen LogP contribution in [0.15, 0.2) is 36.5 Å². The largest absolute Gasteiger partial charge is 0.383 e. The van der Waals surface area contributed by atoms with Gasteiger partial charge in [0.2, 0.25) is 5.95 Å². The van der Waals surface area contributed by atoms with Crippen molar-refractivity contribution in [3.63, 3.8) is 0 Å². The summed E-state index contributed by atoms with van der Waals surface area (Å²) in [6.07, 6.45) is 1.68. The number of nitrogens with one attached hydrogen (secondary N) is 1. The summed E-state index contributed by atoms with van der Waals surface area (Å²) in [6, 6.07) is 10.4. The zero-order valence-corrected chi connectivity index (χ0v) is 13.0. The molecule has 114 valence electrons. The van der Waals surface area contributed by atoms with Crippen LogP contribution in [0, 0.1) is 0 Å². The van der Waals surface area contributed by atoms with E-state index in [1.165, 1.54) is 5.56 Å². The van der Waals surface area contributed by atoms with Gasteiger partial charge in [-0.25, -0.2) is 0 Å². The summed E-state index contributed by atoms with van der Waals surface area (Å²) in [4.78, 5) is 8.80. The Kier molecular flexibility index (Phi) is 3.44. The SMILES string of the molecule is Cn1ncc2c(N)nc(NCC(C)(C)c3ccccc3)nc21. The predicted molar refractivity (Wildman–Crippen MR) is 88.7 cm³/mol. The minimum Gasteiger partial charge on any atom is -0.383 e. The highest BCUT2D eigenvalue weighted by Crippen LogP contribution is 2.24. The third kappa shape index (κ3) is 2.59. The van der Waals surface area contributed by atoms with E-state index in [0.29, 0.717) is 18.3 Å². The molecular formula is C16H20N6. The van der Waals surface area contributed by atoms with Crippen molar-refractivity contribution in [3.05, 3.63) is 42.1 Å². The van der Waals surface area contributed by atoms with Crippen LogP contribution in [-0.4, -0.2) is 26.3 Å². The molecule has 3 rings (SSSR count). The first-order valence-electron chi connectivity index (χ1n) is 7.22. The Morgan fingerprint density at radius 2 is 1.91 bits per heavy atom. The van der Waals surface area contributed by atoms with Gasteiger partial charge in [-0.15, -0.1) is 0 Å². The molecule has 0 aliphatic heterocycles. The number of aryl methyl sites for hydroxylation is 1. The van der Waals surface area contributed by atoms with E-state index in [0.717, 1.165) is 11.0 Å². The first-order chi connectivity index (χ1) is 10.5. The van der Waals surface area contributed by atoms with Crippen LogP contribution in [0.4, 0.5) is 11.8 Å². The molecule has 0 saturated carbocycles. The highest BCUT2D eigenvalue weighted by atomic mass is 15.3. The van der Waals surface area contributed by atoms with E-state index < -0.39 is 0 Å². The van der Waals surface area contributed by atoms with Crippen LogP contribution in [0.25, 0.3) is 11.0 Å². The maximum Gasteiger partial charge on any atom is 0.226 e. The molecule has 0 atom stereocenters. The fourth-order valence-electron chi connectivity index (χ4n) is 2.41. The zero-order chi connectivity index (χ0) is 15.7. The second-order valence-corrected chi connectivity index (χ2v) is 6.04. The normalized spacial score (nSPS) is 11.8. The minimum absolute atomic E-state index is 0.0409. The van der Waals surface area contributed by atoms with Crippen molar-refractivity contribution >= 4 is 22.8 Å². The molecule has 0 bridgehead atoms. The molecular weight excluding hydrogens is 276 g/mol. The number of nitrogens with zero attached hydrogens (tertiary/aromatic N) is 4. The van der Waals surface area contributed by atoms with Gasteiger partial charge >= 0.3 is 0 Å². The third-order valence-electron chi connectivity index (χ3n) is 3.87. The lowest BCUT2D eigenvalue weighted by molar-refractivity contribution is 0.555. The number of hydrogen-bond acceptors (Lipinski definition) is 5. The first-order valence-corrected chi connectivity index (χ1v) is 7.22. The number of anilines is 2. The Balaban J connectivity index is 1.83. The maximum atomic E-state index is 5.98. The Morgan fingerprint density at radius 1 is 1.18 bits per heavy atom. The van der Waals surface area contributed by atoms with E-state index in [1.807, 2.05) is 25.2 Å². The van der Waals surface area contributed by atoms with E-state index in [1.54, 1.807) is 10.9 Å². The summed E-state index contributed by atoms with van der Waals surface area (Å²) >= 11 is 0. The number of aromatic nitrogens is 4. The van der Waals surface area contributed by atoms with Crippen LogP contribution in [0.5, 0.6) is 0 Å². The van der Waals surface area contributed by atoms with Gasteiger partial charge in [0.05, 0.1) is 11.6 Å². The number of benzene rings is 1. The van der Waals surface area contributed by atoms with Crippen molar-refractivity contribution in [1.29, 1.82) is 0 Å². The topological polar surface area (TPSA) is 81.7 Å². The molecule has 3 N–H and O–H groups in total. The van der Waals surface area contributed by atoms with Crippen LogP contribution in [-0.2, 0) is 12.5 Å². The first kappa shape index (κ1) is 14.3. The number of nitrogens with two attached hydrogens (primary N) is 1. The average molecular weight is 296 g/mol. The standard InChI is InChI=1S/C16H20N6/c1-16(2,11-7-5-4-6-8-11)10-18-15-20-13(17)12-9-19-22(3)14(12)21-15/h4-9H,10H2,1-3H3,(H3,17,18,20,21). The highest BCUT2D eigenvalue weighted by molar-refractivity contribution is 5.86. The molecule has 6 nitrogen and oxygen atoms in total. The lowest BCUT2D eigenvalue weighted by Crippen LogP contribution is -2.28. The summed E-state index contributed by atoms with van der Waals surface area (Å²) in [5, 5.41) is 8.22. The van der Waals surface area contributed by atoms with E-state index in [9.17, 15) is 0 Å². The molecule has 0 amide bonds. The molecule has 0 aliphatic rings. The fraction of sp³-hybridized carbons (Fsp3) is 0.312. The molecule has 0 fully saturated rings. The van der Waals surface area contributed by atoms with Gasteiger partial charge in [-0.2, -0.15) is 15.1 Å². The van der Waals surface area contributed by atoms with Gasteiger partial charge in [0.25, 0.3) is 0 Å². The Labute approximate surface area is 129 Å². The molecule has 1 aromatic carbocycles. The Morgan fingerprint density at radius 3 is 2.64 bits per heavy atom. The van der Waals surface area contributed by atoms with Crippen LogP contribution >= 0.6 is 0 Å². The van der Waals surface area contributed by atoms with Gasteiger partial charge in [0.1, 0.15) is 5.82 Å². The molecule has 6 heteroatoms. The summed E-state index contributed by atoms with van der Waals surface area (Å²) in [6.45, 7) is 5.07. The van der Waals surface area contributed by atoms with Crippen LogP contribution in [0.3, 0.4) is 0 Å². The van der Waals surface area contributed by atoms with E-state index in [4.69, 9.17) is 5.73 Å². The Bertz CT molecular complexity index is 791. The Hall–Kier alpha value is -2.63. The van der Waals surface area contributed by atoms with Crippen LogP contribution < -0.4 is 11.1 Å². The van der Waals surface area contributed by atoms with Gasteiger partial charge < -0.3 is 11.1 Å². The molecule has 2 aromatic heterocycles. The second-order valence-electron chi connectivity index (χ2n) is 6.04. The van der Waals surface area contributed by atoms with Crippen LogP contribution in [0.1, 0.15) is 19.4 Å². The smallest absolute Gasteiger partial charge is 0.226 e. The van der Waals surface area contributed by atoms with Crippen molar-refractivity contribution in [2.24, 2.45) is 7.05 Å². The second kappa shape index (κ2) is 5.29. The van der Waals surface area contributed by atoms with Crippen molar-refractivity contribution < 1.29 is 0 Å². The molecule has 2 heterocycles. The number of nitrogen functional groups attached to an aromatic ring is 1. The monoisotopic (exact) mass is 296 g/mol. The van der Waals surface area contributed by atoms with Crippen molar-refractivity contribution in [3.8, 4) is 0 Å². The molecule has 3 aromatic rings. The number of rotatable bonds is 4. The lowest BCUT2D eigenvalue weighted by Gasteiger charge is -2.25. The number of hydrogen-bond donors (Lipinski definition) is 2. The molecule has 0 saturated heterocycles. The van der Waals surface area contributed by atoms with E-state index >= 15 is 0 Å². The molecule has 0 unspecified atom stereocenters. The highest BCUT2D eigenvalue weighted by Gasteiger charge is 2.20. The third-order valence-corrected chi connectivity index (χ3v) is 3.87. The van der Waals surface area contributed by atoms with Crippen LogP contribution in [0.2, 0.25) is 0 Å². The van der Waals surface area contributed by atoms with Gasteiger partial charge in [-0.05, 0) is 5.56 Å². The van der Waals surface area contributed by atoms with Crippen molar-refractivity contribution in [2.75, 3.05) is 17.6 Å². The molecule has 22 heavy (non-hydrogen) atoms. The lowest BCUT2D eigenvalue weighted by atomic mass is 9.85. The van der Waals surface area contributed by atoms with Crippen molar-refractivity contribution in [1.82, 2.24) is 19.7 Å². The summed E-state index contributed by atoms with van der Waals surface area (Å²) in [7, 11) is 1.84. The predicted octanol–water partition coefficient (Wildman–Crippen LogP) is 2.34. The fourth-order valence-corrected chi connectivity index (χ4v) is 2.41. The minimum atomic E-state index is -0.0409. The van der Waals surface area contributed by atoms with Crippen molar-refractivity contribution in [2.45, 2.75) is 19.3 Å².